The summed E-state index contributed by atoms with van der Waals surface area (Å²) in [6.45, 7) is 0.580. The summed E-state index contributed by atoms with van der Waals surface area (Å²) in [6.07, 6.45) is 0.757. The number of carbonyl (C=O) groups is 1. The average molecular weight is 307 g/mol. The third-order valence-electron chi connectivity index (χ3n) is 2.10. The predicted molar refractivity (Wildman–Crippen MR) is 68.1 cm³/mol. The fraction of sp³-hybridized carbons (Fsp3) is 0.364. The molecule has 1 rings (SSSR count). The van der Waals surface area contributed by atoms with Crippen LogP contribution in [0, 0.1) is 0 Å². The third-order valence-corrected chi connectivity index (χ3v) is 3.08. The molecule has 0 fully saturated rings. The van der Waals surface area contributed by atoms with E-state index in [0.29, 0.717) is 6.54 Å². The quantitative estimate of drug-likeness (QED) is 0.848. The van der Waals surface area contributed by atoms with Crippen molar-refractivity contribution in [2.45, 2.75) is 6.42 Å². The van der Waals surface area contributed by atoms with Gasteiger partial charge in [-0.15, -0.1) is 11.6 Å². The van der Waals surface area contributed by atoms with Gasteiger partial charge in [0, 0.05) is 11.0 Å². The van der Waals surface area contributed by atoms with E-state index in [2.05, 4.69) is 21.2 Å². The van der Waals surface area contributed by atoms with Gasteiger partial charge in [-0.2, -0.15) is 0 Å². The van der Waals surface area contributed by atoms with Crippen LogP contribution in [-0.2, 0) is 11.2 Å². The van der Waals surface area contributed by atoms with E-state index in [1.165, 1.54) is 0 Å². The van der Waals surface area contributed by atoms with E-state index in [1.54, 1.807) is 7.11 Å². The largest absolute Gasteiger partial charge is 0.497 e. The number of hydrogen-bond donors (Lipinski definition) is 1. The van der Waals surface area contributed by atoms with Crippen LogP contribution in [0.15, 0.2) is 22.7 Å². The van der Waals surface area contributed by atoms with Gasteiger partial charge >= 0.3 is 0 Å². The van der Waals surface area contributed by atoms with Crippen LogP contribution in [0.3, 0.4) is 0 Å². The number of alkyl halides is 1. The fourth-order valence-electron chi connectivity index (χ4n) is 1.24. The van der Waals surface area contributed by atoms with Gasteiger partial charge in [0.15, 0.2) is 0 Å². The Kier molecular flexibility index (Phi) is 5.63. The van der Waals surface area contributed by atoms with Crippen LogP contribution < -0.4 is 10.1 Å². The van der Waals surface area contributed by atoms with Crippen molar-refractivity contribution in [1.29, 1.82) is 0 Å². The molecule has 16 heavy (non-hydrogen) atoms. The van der Waals surface area contributed by atoms with Gasteiger partial charge in [-0.25, -0.2) is 0 Å². The molecule has 0 saturated carbocycles. The molecule has 1 amide bonds. The average Bonchev–Trinajstić information content (AvgIpc) is 2.30. The number of hydrogen-bond acceptors (Lipinski definition) is 2. The number of rotatable bonds is 5. The molecule has 0 spiro atoms. The summed E-state index contributed by atoms with van der Waals surface area (Å²) in [6, 6.07) is 5.76. The van der Waals surface area contributed by atoms with Crippen LogP contribution in [0.5, 0.6) is 5.75 Å². The molecule has 0 heterocycles. The Labute approximate surface area is 108 Å². The van der Waals surface area contributed by atoms with Crippen LogP contribution in [0.25, 0.3) is 0 Å². The molecule has 1 N–H and O–H groups in total. The monoisotopic (exact) mass is 305 g/mol. The third kappa shape index (κ3) is 4.02. The van der Waals surface area contributed by atoms with Gasteiger partial charge in [0.1, 0.15) is 11.6 Å². The van der Waals surface area contributed by atoms with Crippen molar-refractivity contribution in [3.8, 4) is 5.75 Å². The molecule has 0 aliphatic rings. The minimum Gasteiger partial charge on any atom is -0.497 e. The van der Waals surface area contributed by atoms with E-state index in [4.69, 9.17) is 16.3 Å². The van der Waals surface area contributed by atoms with Crippen LogP contribution in [0.2, 0.25) is 0 Å². The molecule has 0 radical (unpaired) electrons. The van der Waals surface area contributed by atoms with Gasteiger partial charge in [0.2, 0.25) is 5.91 Å². The first-order valence-electron chi connectivity index (χ1n) is 4.82. The molecule has 0 aliphatic carbocycles. The lowest BCUT2D eigenvalue weighted by Gasteiger charge is -2.07. The Morgan fingerprint density at radius 2 is 2.31 bits per heavy atom. The Balaban J connectivity index is 2.51. The van der Waals surface area contributed by atoms with Crippen LogP contribution in [0.4, 0.5) is 0 Å². The van der Waals surface area contributed by atoms with E-state index >= 15 is 0 Å². The zero-order chi connectivity index (χ0) is 12.0. The normalized spacial score (nSPS) is 9.94. The molecule has 5 heteroatoms. The van der Waals surface area contributed by atoms with Gasteiger partial charge in [0.25, 0.3) is 0 Å². The highest BCUT2D eigenvalue weighted by atomic mass is 79.9. The number of benzene rings is 1. The lowest BCUT2D eigenvalue weighted by atomic mass is 10.1. The first-order chi connectivity index (χ1) is 7.67. The summed E-state index contributed by atoms with van der Waals surface area (Å²) >= 11 is 8.82. The zero-order valence-electron chi connectivity index (χ0n) is 8.93. The summed E-state index contributed by atoms with van der Waals surface area (Å²) < 4.78 is 6.07. The second-order valence-electron chi connectivity index (χ2n) is 3.19. The predicted octanol–water partition coefficient (Wildman–Crippen LogP) is 2.36. The molecule has 88 valence electrons. The molecule has 0 bridgehead atoms. The Morgan fingerprint density at radius 1 is 1.56 bits per heavy atom. The first-order valence-corrected chi connectivity index (χ1v) is 6.15. The second-order valence-corrected chi connectivity index (χ2v) is 4.31. The maximum absolute atomic E-state index is 10.9. The number of halogens is 2. The second kappa shape index (κ2) is 6.76. The van der Waals surface area contributed by atoms with E-state index < -0.39 is 0 Å². The maximum atomic E-state index is 10.9. The SMILES string of the molecule is COc1ccc(CCNC(=O)CCl)c(Br)c1. The minimum atomic E-state index is -0.147. The molecule has 3 nitrogen and oxygen atoms in total. The van der Waals surface area contributed by atoms with E-state index in [0.717, 1.165) is 22.2 Å². The summed E-state index contributed by atoms with van der Waals surface area (Å²) in [5.41, 5.74) is 1.12. The molecule has 0 atom stereocenters. The van der Waals surface area contributed by atoms with E-state index in [9.17, 15) is 4.79 Å². The zero-order valence-corrected chi connectivity index (χ0v) is 11.3. The fourth-order valence-corrected chi connectivity index (χ4v) is 1.89. The van der Waals surface area contributed by atoms with Crippen molar-refractivity contribution < 1.29 is 9.53 Å². The van der Waals surface area contributed by atoms with Gasteiger partial charge in [-0.3, -0.25) is 4.79 Å². The highest BCUT2D eigenvalue weighted by Gasteiger charge is 2.03. The van der Waals surface area contributed by atoms with Gasteiger partial charge < -0.3 is 10.1 Å². The summed E-state index contributed by atoms with van der Waals surface area (Å²) in [4.78, 5) is 10.9. The van der Waals surface area contributed by atoms with Crippen molar-refractivity contribution in [3.63, 3.8) is 0 Å². The topological polar surface area (TPSA) is 38.3 Å². The van der Waals surface area contributed by atoms with Crippen LogP contribution in [-0.4, -0.2) is 25.4 Å². The number of carbonyl (C=O) groups excluding carboxylic acids is 1. The maximum Gasteiger partial charge on any atom is 0.234 e. The van der Waals surface area contributed by atoms with Gasteiger partial charge in [-0.05, 0) is 24.1 Å². The number of ether oxygens (including phenoxy) is 1. The Bertz CT molecular complexity index is 371. The molecule has 0 aliphatic heterocycles. The van der Waals surface area contributed by atoms with Crippen molar-refractivity contribution in [1.82, 2.24) is 5.32 Å². The number of methoxy groups -OCH3 is 1. The van der Waals surface area contributed by atoms with Crippen molar-refractivity contribution >= 4 is 33.4 Å². The van der Waals surface area contributed by atoms with Crippen LogP contribution in [0.1, 0.15) is 5.56 Å². The molecule has 0 aromatic heterocycles. The Hall–Kier alpha value is -0.740. The highest BCUT2D eigenvalue weighted by molar-refractivity contribution is 9.10. The lowest BCUT2D eigenvalue weighted by Crippen LogP contribution is -2.26. The smallest absolute Gasteiger partial charge is 0.234 e. The minimum absolute atomic E-state index is 0.00375. The summed E-state index contributed by atoms with van der Waals surface area (Å²) in [5, 5.41) is 2.71. The number of nitrogens with one attached hydrogen (secondary N) is 1. The molecular weight excluding hydrogens is 293 g/mol. The molecule has 1 aromatic rings. The summed E-state index contributed by atoms with van der Waals surface area (Å²) in [5.74, 6) is 0.663. The molecule has 1 aromatic carbocycles. The van der Waals surface area contributed by atoms with Crippen molar-refractivity contribution in [2.24, 2.45) is 0 Å². The molecule has 0 saturated heterocycles. The standard InChI is InChI=1S/C11H13BrClNO2/c1-16-9-3-2-8(10(12)6-9)4-5-14-11(15)7-13/h2-3,6H,4-5,7H2,1H3,(H,14,15). The van der Waals surface area contributed by atoms with Gasteiger partial charge in [0.05, 0.1) is 7.11 Å². The summed E-state index contributed by atoms with van der Waals surface area (Å²) in [7, 11) is 1.63. The number of amides is 1. The van der Waals surface area contributed by atoms with E-state index in [-0.39, 0.29) is 11.8 Å². The van der Waals surface area contributed by atoms with Gasteiger partial charge in [-0.1, -0.05) is 22.0 Å². The molecule has 0 unspecified atom stereocenters. The van der Waals surface area contributed by atoms with Crippen LogP contribution >= 0.6 is 27.5 Å². The van der Waals surface area contributed by atoms with E-state index in [1.807, 2.05) is 18.2 Å². The van der Waals surface area contributed by atoms with Crippen molar-refractivity contribution in [2.75, 3.05) is 19.5 Å². The first kappa shape index (κ1) is 13.3. The highest BCUT2D eigenvalue weighted by Crippen LogP contribution is 2.22. The molecular formula is C11H13BrClNO2. The lowest BCUT2D eigenvalue weighted by molar-refractivity contribution is -0.118. The van der Waals surface area contributed by atoms with Crippen molar-refractivity contribution in [3.05, 3.63) is 28.2 Å². The Morgan fingerprint density at radius 3 is 2.88 bits per heavy atom.